The highest BCUT2D eigenvalue weighted by atomic mass is 16.4. The van der Waals surface area contributed by atoms with Gasteiger partial charge in [0.05, 0.1) is 6.54 Å². The van der Waals surface area contributed by atoms with Gasteiger partial charge in [-0.1, -0.05) is 30.3 Å². The third-order valence-electron chi connectivity index (χ3n) is 4.87. The van der Waals surface area contributed by atoms with Gasteiger partial charge < -0.3 is 5.11 Å². The Kier molecular flexibility index (Phi) is 5.66. The van der Waals surface area contributed by atoms with Gasteiger partial charge in [0, 0.05) is 30.6 Å². The van der Waals surface area contributed by atoms with Crippen LogP contribution >= 0.6 is 0 Å². The second-order valence-corrected chi connectivity index (χ2v) is 6.58. The molecule has 5 heteroatoms. The standard InChI is InChI=1S/C20H25N3O2/c1-16-11-12-21-23(16)15-14-22-13-3-5-19(22)18-9-7-17(8-10-18)4-2-6-20(24)25/h2,6-12,19H,3-5,13-15H2,1H3,(H,24,25)/b6-2+/t19-/m0/s1. The molecule has 0 bridgehead atoms. The van der Waals surface area contributed by atoms with E-state index in [1.165, 1.54) is 30.2 Å². The summed E-state index contributed by atoms with van der Waals surface area (Å²) >= 11 is 0. The number of hydrogen-bond acceptors (Lipinski definition) is 3. The molecule has 0 amide bonds. The number of aliphatic carboxylic acids is 1. The third-order valence-corrected chi connectivity index (χ3v) is 4.87. The van der Waals surface area contributed by atoms with Gasteiger partial charge in [-0.05, 0) is 49.9 Å². The van der Waals surface area contributed by atoms with Gasteiger partial charge in [0.2, 0.25) is 0 Å². The van der Waals surface area contributed by atoms with E-state index in [0.717, 1.165) is 25.2 Å². The molecule has 2 aromatic rings. The Bertz CT molecular complexity index is 734. The topological polar surface area (TPSA) is 58.4 Å². The van der Waals surface area contributed by atoms with Crippen molar-refractivity contribution in [2.45, 2.75) is 38.8 Å². The monoisotopic (exact) mass is 339 g/mol. The first-order chi connectivity index (χ1) is 12.1. The molecule has 0 unspecified atom stereocenters. The van der Waals surface area contributed by atoms with Crippen LogP contribution in [-0.2, 0) is 17.8 Å². The zero-order valence-corrected chi connectivity index (χ0v) is 14.6. The van der Waals surface area contributed by atoms with Gasteiger partial charge >= 0.3 is 5.97 Å². The first-order valence-electron chi connectivity index (χ1n) is 8.84. The predicted molar refractivity (Wildman–Crippen MR) is 97.4 cm³/mol. The fraction of sp³-hybridized carbons (Fsp3) is 0.400. The zero-order valence-electron chi connectivity index (χ0n) is 14.6. The molecule has 1 atom stereocenters. The Labute approximate surface area is 148 Å². The molecule has 0 saturated carbocycles. The Morgan fingerprint density at radius 1 is 1.28 bits per heavy atom. The minimum Gasteiger partial charge on any atom is -0.478 e. The predicted octanol–water partition coefficient (Wildman–Crippen LogP) is 3.21. The molecule has 0 radical (unpaired) electrons. The quantitative estimate of drug-likeness (QED) is 0.787. The van der Waals surface area contributed by atoms with Gasteiger partial charge in [-0.2, -0.15) is 5.10 Å². The number of likely N-dealkylation sites (tertiary alicyclic amines) is 1. The number of carbonyl (C=O) groups is 1. The number of aromatic nitrogens is 2. The summed E-state index contributed by atoms with van der Waals surface area (Å²) < 4.78 is 2.06. The van der Waals surface area contributed by atoms with Crippen LogP contribution in [0.3, 0.4) is 0 Å². The maximum absolute atomic E-state index is 10.5. The third kappa shape index (κ3) is 4.57. The molecule has 0 spiro atoms. The molecule has 0 aliphatic carbocycles. The maximum Gasteiger partial charge on any atom is 0.327 e. The summed E-state index contributed by atoms with van der Waals surface area (Å²) in [5.41, 5.74) is 3.69. The molecule has 25 heavy (non-hydrogen) atoms. The lowest BCUT2D eigenvalue weighted by Crippen LogP contribution is -2.27. The summed E-state index contributed by atoms with van der Waals surface area (Å²) in [7, 11) is 0. The molecule has 1 aliphatic rings. The molecule has 1 aromatic carbocycles. The summed E-state index contributed by atoms with van der Waals surface area (Å²) in [6.45, 7) is 5.16. The van der Waals surface area contributed by atoms with E-state index in [4.69, 9.17) is 5.11 Å². The van der Waals surface area contributed by atoms with Gasteiger partial charge in [-0.15, -0.1) is 0 Å². The number of rotatable bonds is 7. The lowest BCUT2D eigenvalue weighted by atomic mass is 10.0. The number of hydrogen-bond donors (Lipinski definition) is 1. The Morgan fingerprint density at radius 3 is 2.76 bits per heavy atom. The lowest BCUT2D eigenvalue weighted by molar-refractivity contribution is -0.131. The normalized spacial score (nSPS) is 18.2. The van der Waals surface area contributed by atoms with E-state index in [9.17, 15) is 4.79 Å². The number of carboxylic acids is 1. The fourth-order valence-corrected chi connectivity index (χ4v) is 3.50. The molecule has 3 rings (SSSR count). The van der Waals surface area contributed by atoms with Crippen LogP contribution in [0.4, 0.5) is 0 Å². The lowest BCUT2D eigenvalue weighted by Gasteiger charge is -2.25. The molecule has 132 valence electrons. The van der Waals surface area contributed by atoms with Crippen molar-refractivity contribution < 1.29 is 9.90 Å². The molecule has 1 saturated heterocycles. The van der Waals surface area contributed by atoms with E-state index >= 15 is 0 Å². The number of aryl methyl sites for hydroxylation is 1. The second-order valence-electron chi connectivity index (χ2n) is 6.58. The Morgan fingerprint density at radius 2 is 2.08 bits per heavy atom. The van der Waals surface area contributed by atoms with Crippen molar-refractivity contribution in [3.05, 3.63) is 65.5 Å². The average Bonchev–Trinajstić information content (AvgIpc) is 3.22. The van der Waals surface area contributed by atoms with Crippen LogP contribution in [-0.4, -0.2) is 38.8 Å². The average molecular weight is 339 g/mol. The van der Waals surface area contributed by atoms with Crippen LogP contribution < -0.4 is 0 Å². The van der Waals surface area contributed by atoms with Crippen molar-refractivity contribution in [1.29, 1.82) is 0 Å². The van der Waals surface area contributed by atoms with Crippen LogP contribution in [0.25, 0.3) is 0 Å². The van der Waals surface area contributed by atoms with E-state index in [0.29, 0.717) is 12.5 Å². The van der Waals surface area contributed by atoms with Crippen LogP contribution in [0.5, 0.6) is 0 Å². The van der Waals surface area contributed by atoms with Crippen molar-refractivity contribution in [2.24, 2.45) is 0 Å². The minimum absolute atomic E-state index is 0.472. The van der Waals surface area contributed by atoms with Crippen molar-refractivity contribution in [1.82, 2.24) is 14.7 Å². The van der Waals surface area contributed by atoms with Crippen LogP contribution in [0.15, 0.2) is 48.7 Å². The molecule has 1 N–H and O–H groups in total. The molecular weight excluding hydrogens is 314 g/mol. The summed E-state index contributed by atoms with van der Waals surface area (Å²) in [6, 6.07) is 11.1. The van der Waals surface area contributed by atoms with E-state index in [1.807, 2.05) is 12.3 Å². The highest BCUT2D eigenvalue weighted by Gasteiger charge is 2.25. The first kappa shape index (κ1) is 17.4. The highest BCUT2D eigenvalue weighted by molar-refractivity contribution is 5.79. The second kappa shape index (κ2) is 8.12. The Balaban J connectivity index is 1.60. The van der Waals surface area contributed by atoms with Crippen LogP contribution in [0.1, 0.15) is 35.7 Å². The molecule has 2 heterocycles. The van der Waals surface area contributed by atoms with E-state index < -0.39 is 5.97 Å². The summed E-state index contributed by atoms with van der Waals surface area (Å²) in [5, 5.41) is 13.0. The van der Waals surface area contributed by atoms with Crippen molar-refractivity contribution in [3.8, 4) is 0 Å². The van der Waals surface area contributed by atoms with E-state index in [1.54, 1.807) is 6.08 Å². The van der Waals surface area contributed by atoms with E-state index in [-0.39, 0.29) is 0 Å². The number of benzene rings is 1. The van der Waals surface area contributed by atoms with Crippen molar-refractivity contribution >= 4 is 5.97 Å². The molecule has 1 aliphatic heterocycles. The van der Waals surface area contributed by atoms with Gasteiger partial charge in [-0.3, -0.25) is 9.58 Å². The van der Waals surface area contributed by atoms with E-state index in [2.05, 4.69) is 45.9 Å². The number of nitrogens with zero attached hydrogens (tertiary/aromatic N) is 3. The number of carboxylic acid groups (broad SMARTS) is 1. The van der Waals surface area contributed by atoms with Crippen LogP contribution in [0, 0.1) is 6.92 Å². The summed E-state index contributed by atoms with van der Waals surface area (Å²) in [4.78, 5) is 13.1. The number of allylic oxidation sites excluding steroid dienone is 1. The molecule has 5 nitrogen and oxygen atoms in total. The van der Waals surface area contributed by atoms with Gasteiger partial charge in [0.1, 0.15) is 0 Å². The first-order valence-corrected chi connectivity index (χ1v) is 8.84. The highest BCUT2D eigenvalue weighted by Crippen LogP contribution is 2.31. The Hall–Kier alpha value is -2.40. The minimum atomic E-state index is -0.898. The summed E-state index contributed by atoms with van der Waals surface area (Å²) in [5.74, 6) is -0.898. The molecule has 1 aromatic heterocycles. The van der Waals surface area contributed by atoms with Gasteiger partial charge in [0.25, 0.3) is 0 Å². The van der Waals surface area contributed by atoms with Crippen LogP contribution in [0.2, 0.25) is 0 Å². The molecular formula is C20H25N3O2. The van der Waals surface area contributed by atoms with Gasteiger partial charge in [0.15, 0.2) is 0 Å². The van der Waals surface area contributed by atoms with Gasteiger partial charge in [-0.25, -0.2) is 4.79 Å². The van der Waals surface area contributed by atoms with Crippen molar-refractivity contribution in [3.63, 3.8) is 0 Å². The SMILES string of the molecule is Cc1ccnn1CCN1CCC[C@H]1c1ccc(C/C=C/C(=O)O)cc1. The summed E-state index contributed by atoms with van der Waals surface area (Å²) in [6.07, 6.45) is 7.81. The molecule has 1 fully saturated rings. The smallest absolute Gasteiger partial charge is 0.327 e. The maximum atomic E-state index is 10.5. The van der Waals surface area contributed by atoms with Crippen molar-refractivity contribution in [2.75, 3.05) is 13.1 Å². The zero-order chi connectivity index (χ0) is 17.6. The largest absolute Gasteiger partial charge is 0.478 e. The fourth-order valence-electron chi connectivity index (χ4n) is 3.50.